The molecule has 4 aromatic rings. The summed E-state index contributed by atoms with van der Waals surface area (Å²) in [5, 5.41) is 0.972. The number of aromatic nitrogens is 4. The zero-order valence-electron chi connectivity index (χ0n) is 15.2. The van der Waals surface area contributed by atoms with Crippen LogP contribution < -0.4 is 4.74 Å². The lowest BCUT2D eigenvalue weighted by Gasteiger charge is -2.07. The van der Waals surface area contributed by atoms with Crippen molar-refractivity contribution in [3.05, 3.63) is 83.1 Å². The van der Waals surface area contributed by atoms with Gasteiger partial charge in [-0.05, 0) is 48.2 Å². The summed E-state index contributed by atoms with van der Waals surface area (Å²) in [6.45, 7) is 0. The second-order valence-corrected chi connectivity index (χ2v) is 6.48. The smallest absolute Gasteiger partial charge is 0.250 e. The Morgan fingerprint density at radius 2 is 1.96 bits per heavy atom. The van der Waals surface area contributed by atoms with E-state index in [4.69, 9.17) is 4.74 Å². The van der Waals surface area contributed by atoms with Gasteiger partial charge >= 0.3 is 0 Å². The molecule has 0 aliphatic carbocycles. The third kappa shape index (κ3) is 3.69. The first-order valence-corrected chi connectivity index (χ1v) is 8.87. The van der Waals surface area contributed by atoms with E-state index in [2.05, 4.69) is 19.9 Å². The van der Waals surface area contributed by atoms with Gasteiger partial charge in [-0.25, -0.2) is 19.3 Å². The van der Waals surface area contributed by atoms with Crippen LogP contribution >= 0.6 is 0 Å². The monoisotopic (exact) mass is 380 g/mol. The fraction of sp³-hybridized carbons (Fsp3) is 0.190. The molecule has 0 amide bonds. The lowest BCUT2D eigenvalue weighted by atomic mass is 10.0. The molecule has 0 aliphatic rings. The number of pyridine rings is 3. The Labute approximate surface area is 160 Å². The van der Waals surface area contributed by atoms with Gasteiger partial charge in [-0.2, -0.15) is 4.39 Å². The van der Waals surface area contributed by atoms with Gasteiger partial charge in [0.25, 0.3) is 0 Å². The molecule has 142 valence electrons. The zero-order chi connectivity index (χ0) is 19.5. The van der Waals surface area contributed by atoms with E-state index in [9.17, 15) is 8.78 Å². The third-order valence-electron chi connectivity index (χ3n) is 4.63. The maximum absolute atomic E-state index is 14.5. The van der Waals surface area contributed by atoms with Gasteiger partial charge in [0.2, 0.25) is 11.8 Å². The van der Waals surface area contributed by atoms with Crippen LogP contribution in [0, 0.1) is 11.8 Å². The molecule has 0 unspecified atom stereocenters. The number of methoxy groups -OCH3 is 1. The Balaban J connectivity index is 1.46. The van der Waals surface area contributed by atoms with Crippen LogP contribution in [0.2, 0.25) is 0 Å². The van der Waals surface area contributed by atoms with Gasteiger partial charge in [0.05, 0.1) is 7.11 Å². The molecule has 0 aromatic carbocycles. The molecule has 0 saturated heterocycles. The summed E-state index contributed by atoms with van der Waals surface area (Å²) >= 11 is 0. The maximum atomic E-state index is 14.5. The van der Waals surface area contributed by atoms with Crippen molar-refractivity contribution < 1.29 is 13.5 Å². The van der Waals surface area contributed by atoms with Crippen molar-refractivity contribution in [1.29, 1.82) is 0 Å². The van der Waals surface area contributed by atoms with Crippen molar-refractivity contribution in [2.24, 2.45) is 0 Å². The molecule has 5 nitrogen and oxygen atoms in total. The van der Waals surface area contributed by atoms with Gasteiger partial charge in [0, 0.05) is 41.7 Å². The van der Waals surface area contributed by atoms with E-state index in [0.717, 1.165) is 16.6 Å². The van der Waals surface area contributed by atoms with E-state index in [-0.39, 0.29) is 5.88 Å². The van der Waals surface area contributed by atoms with Crippen molar-refractivity contribution in [3.63, 3.8) is 0 Å². The minimum Gasteiger partial charge on any atom is -0.479 e. The number of H-pyrrole nitrogens is 1. The van der Waals surface area contributed by atoms with Gasteiger partial charge in [0.1, 0.15) is 5.65 Å². The fourth-order valence-electron chi connectivity index (χ4n) is 3.16. The maximum Gasteiger partial charge on any atom is 0.250 e. The van der Waals surface area contributed by atoms with Crippen molar-refractivity contribution in [2.75, 3.05) is 7.11 Å². The summed E-state index contributed by atoms with van der Waals surface area (Å²) < 4.78 is 33.0. The molecule has 1 N–H and O–H groups in total. The average Bonchev–Trinajstić information content (AvgIpc) is 3.11. The van der Waals surface area contributed by atoms with Crippen LogP contribution in [0.1, 0.15) is 22.4 Å². The van der Waals surface area contributed by atoms with E-state index in [1.165, 1.54) is 13.2 Å². The van der Waals surface area contributed by atoms with Gasteiger partial charge in [0.15, 0.2) is 5.82 Å². The summed E-state index contributed by atoms with van der Waals surface area (Å²) in [6, 6.07) is 8.74. The number of hydrogen-bond acceptors (Lipinski definition) is 4. The quantitative estimate of drug-likeness (QED) is 0.513. The summed E-state index contributed by atoms with van der Waals surface area (Å²) in [7, 11) is 1.37. The Bertz CT molecular complexity index is 1130. The first-order valence-electron chi connectivity index (χ1n) is 8.87. The van der Waals surface area contributed by atoms with Crippen molar-refractivity contribution in [1.82, 2.24) is 19.9 Å². The minimum atomic E-state index is -0.511. The molecule has 0 bridgehead atoms. The van der Waals surface area contributed by atoms with E-state index in [1.807, 2.05) is 18.3 Å². The lowest BCUT2D eigenvalue weighted by Crippen LogP contribution is -2.02. The molecule has 28 heavy (non-hydrogen) atoms. The summed E-state index contributed by atoms with van der Waals surface area (Å²) in [5.74, 6) is -1.04. The minimum absolute atomic E-state index is 0.0373. The average molecular weight is 380 g/mol. The second-order valence-electron chi connectivity index (χ2n) is 6.48. The van der Waals surface area contributed by atoms with E-state index >= 15 is 0 Å². The highest BCUT2D eigenvalue weighted by Gasteiger charge is 2.11. The van der Waals surface area contributed by atoms with Crippen molar-refractivity contribution in [3.8, 4) is 5.88 Å². The fourth-order valence-corrected chi connectivity index (χ4v) is 3.16. The highest BCUT2D eigenvalue weighted by molar-refractivity contribution is 5.79. The number of rotatable bonds is 6. The summed E-state index contributed by atoms with van der Waals surface area (Å²) in [4.78, 5) is 15.3. The van der Waals surface area contributed by atoms with E-state index in [1.54, 1.807) is 24.5 Å². The highest BCUT2D eigenvalue weighted by Crippen LogP contribution is 2.21. The van der Waals surface area contributed by atoms with Crippen LogP contribution in [-0.2, 0) is 19.3 Å². The molecule has 0 spiro atoms. The number of halogens is 2. The first kappa shape index (κ1) is 18.0. The number of nitrogens with zero attached hydrogens (tertiary/aromatic N) is 3. The zero-order valence-corrected chi connectivity index (χ0v) is 15.2. The number of fused-ring (bicyclic) bond motifs is 1. The third-order valence-corrected chi connectivity index (χ3v) is 4.63. The van der Waals surface area contributed by atoms with Gasteiger partial charge in [-0.15, -0.1) is 0 Å². The number of aryl methyl sites for hydroxylation is 2. The van der Waals surface area contributed by atoms with E-state index in [0.29, 0.717) is 36.1 Å². The molecular weight excluding hydrogens is 362 g/mol. The predicted molar refractivity (Wildman–Crippen MR) is 101 cm³/mol. The standard InChI is InChI=1S/C21H18F2N4O/c1-28-21-18(22)9-13(11-26-21)4-6-16-7-5-14(19(23)27-16)10-15-12-25-20-17(15)3-2-8-24-20/h2-3,5,7-9,11-12H,4,6,10H2,1H3,(H,24,25). The number of nitrogens with one attached hydrogen (secondary N) is 1. The summed E-state index contributed by atoms with van der Waals surface area (Å²) in [5.41, 5.74) is 3.58. The molecule has 7 heteroatoms. The Kier molecular flexibility index (Phi) is 4.97. The second kappa shape index (κ2) is 7.72. The van der Waals surface area contributed by atoms with Crippen molar-refractivity contribution in [2.45, 2.75) is 19.3 Å². The van der Waals surface area contributed by atoms with Crippen LogP contribution in [0.25, 0.3) is 11.0 Å². The molecule has 4 aromatic heterocycles. The van der Waals surface area contributed by atoms with Crippen LogP contribution in [0.5, 0.6) is 5.88 Å². The molecule has 0 fully saturated rings. The normalized spacial score (nSPS) is 11.1. The van der Waals surface area contributed by atoms with Gasteiger partial charge in [-0.1, -0.05) is 6.07 Å². The Morgan fingerprint density at radius 1 is 1.07 bits per heavy atom. The number of aromatic amines is 1. The first-order chi connectivity index (χ1) is 13.6. The van der Waals surface area contributed by atoms with Crippen LogP contribution in [0.4, 0.5) is 8.78 Å². The van der Waals surface area contributed by atoms with Gasteiger partial charge in [-0.3, -0.25) is 0 Å². The molecule has 4 rings (SSSR count). The predicted octanol–water partition coefficient (Wildman–Crippen LogP) is 4.02. The molecule has 0 aliphatic heterocycles. The Hall–Kier alpha value is -3.35. The van der Waals surface area contributed by atoms with E-state index < -0.39 is 11.8 Å². The molecule has 0 saturated carbocycles. The van der Waals surface area contributed by atoms with Crippen molar-refractivity contribution >= 4 is 11.0 Å². The van der Waals surface area contributed by atoms with Crippen LogP contribution in [0.3, 0.4) is 0 Å². The highest BCUT2D eigenvalue weighted by atomic mass is 19.1. The number of hydrogen-bond donors (Lipinski definition) is 1. The molecule has 0 radical (unpaired) electrons. The molecular formula is C21H18F2N4O. The Morgan fingerprint density at radius 3 is 2.75 bits per heavy atom. The van der Waals surface area contributed by atoms with Gasteiger partial charge < -0.3 is 9.72 Å². The molecule has 0 atom stereocenters. The largest absolute Gasteiger partial charge is 0.479 e. The van der Waals surface area contributed by atoms with Crippen LogP contribution in [0.15, 0.2) is 48.9 Å². The molecule has 4 heterocycles. The number of ether oxygens (including phenoxy) is 1. The summed E-state index contributed by atoms with van der Waals surface area (Å²) in [6.07, 6.45) is 6.53. The topological polar surface area (TPSA) is 63.7 Å². The SMILES string of the molecule is COc1ncc(CCc2ccc(Cc3c[nH]c4ncccc34)c(F)n2)cc1F. The lowest BCUT2D eigenvalue weighted by molar-refractivity contribution is 0.368. The van der Waals surface area contributed by atoms with Crippen LogP contribution in [-0.4, -0.2) is 27.0 Å².